The Kier molecular flexibility index (Phi) is 6.93. The Morgan fingerprint density at radius 1 is 1.18 bits per heavy atom. The Hall–Kier alpha value is -3.23. The van der Waals surface area contributed by atoms with Gasteiger partial charge in [0.05, 0.1) is 16.6 Å². The lowest BCUT2D eigenvalue weighted by Crippen LogP contribution is -2.42. The summed E-state index contributed by atoms with van der Waals surface area (Å²) in [6, 6.07) is 9.73. The maximum absolute atomic E-state index is 14.3. The molecule has 2 aromatic carbocycles. The molecule has 1 unspecified atom stereocenters. The van der Waals surface area contributed by atoms with Gasteiger partial charge in [-0.2, -0.15) is 0 Å². The van der Waals surface area contributed by atoms with Crippen LogP contribution in [0.2, 0.25) is 5.02 Å². The second-order valence-corrected chi connectivity index (χ2v) is 11.7. The molecule has 1 atom stereocenters. The Morgan fingerprint density at radius 2 is 1.97 bits per heavy atom. The molecule has 2 N–H and O–H groups in total. The number of likely N-dealkylation sites (tertiary alicyclic amines) is 2. The van der Waals surface area contributed by atoms with Gasteiger partial charge in [0.15, 0.2) is 0 Å². The summed E-state index contributed by atoms with van der Waals surface area (Å²) in [7, 11) is 0. The van der Waals surface area contributed by atoms with Crippen molar-refractivity contribution in [3.05, 3.63) is 87.2 Å². The number of H-pyrrole nitrogens is 1. The number of carbonyl (C=O) groups excluding carboxylic acids is 2. The minimum absolute atomic E-state index is 0.0409. The number of nitrogens with one attached hydrogen (secondary N) is 2. The fourth-order valence-corrected chi connectivity index (χ4v) is 6.76. The van der Waals surface area contributed by atoms with Gasteiger partial charge in [-0.3, -0.25) is 14.5 Å². The number of aromatic amines is 1. The highest BCUT2D eigenvalue weighted by molar-refractivity contribution is 6.33. The number of rotatable bonds is 5. The van der Waals surface area contributed by atoms with Gasteiger partial charge < -0.3 is 15.2 Å². The van der Waals surface area contributed by atoms with E-state index in [4.69, 9.17) is 11.6 Å². The molecule has 0 bridgehead atoms. The third kappa shape index (κ3) is 5.20. The lowest BCUT2D eigenvalue weighted by molar-refractivity contribution is 0.0712. The molecule has 39 heavy (non-hydrogen) atoms. The number of benzene rings is 2. The Morgan fingerprint density at radius 3 is 2.72 bits per heavy atom. The largest absolute Gasteiger partial charge is 0.345 e. The van der Waals surface area contributed by atoms with Crippen molar-refractivity contribution in [3.63, 3.8) is 0 Å². The van der Waals surface area contributed by atoms with Gasteiger partial charge in [0.2, 0.25) is 0 Å². The third-order valence-electron chi connectivity index (χ3n) is 8.76. The number of aryl methyl sites for hydroxylation is 2. The summed E-state index contributed by atoms with van der Waals surface area (Å²) < 4.78 is 14.3. The normalized spacial score (nSPS) is 20.4. The Bertz CT molecular complexity index is 1390. The van der Waals surface area contributed by atoms with Gasteiger partial charge in [-0.25, -0.2) is 9.37 Å². The highest BCUT2D eigenvalue weighted by atomic mass is 35.5. The van der Waals surface area contributed by atoms with E-state index >= 15 is 0 Å². The van der Waals surface area contributed by atoms with Crippen molar-refractivity contribution >= 4 is 23.4 Å². The minimum Gasteiger partial charge on any atom is -0.345 e. The van der Waals surface area contributed by atoms with Crippen molar-refractivity contribution in [3.8, 4) is 0 Å². The fraction of sp³-hybridized carbons (Fsp3) is 0.433. The number of hydrogen-bond donors (Lipinski definition) is 2. The molecule has 2 fully saturated rings. The van der Waals surface area contributed by atoms with E-state index in [9.17, 15) is 14.0 Å². The quantitative estimate of drug-likeness (QED) is 0.466. The van der Waals surface area contributed by atoms with Gasteiger partial charge in [0, 0.05) is 37.1 Å². The van der Waals surface area contributed by atoms with Crippen molar-refractivity contribution in [2.45, 2.75) is 51.6 Å². The maximum Gasteiger partial charge on any atom is 0.256 e. The highest BCUT2D eigenvalue weighted by Crippen LogP contribution is 2.41. The molecule has 2 aliphatic heterocycles. The molecule has 2 saturated heterocycles. The number of hydrogen-bond acceptors (Lipinski definition) is 4. The lowest BCUT2D eigenvalue weighted by atomic mass is 9.78. The number of nitrogens with zero attached hydrogens (tertiary/aromatic N) is 3. The zero-order chi connectivity index (χ0) is 27.1. The third-order valence-corrected chi connectivity index (χ3v) is 9.07. The van der Waals surface area contributed by atoms with Gasteiger partial charge in [0.1, 0.15) is 11.6 Å². The van der Waals surface area contributed by atoms with Crippen molar-refractivity contribution in [2.24, 2.45) is 5.41 Å². The molecule has 3 aliphatic rings. The summed E-state index contributed by atoms with van der Waals surface area (Å²) in [5, 5.41) is 3.02. The van der Waals surface area contributed by atoms with Gasteiger partial charge >= 0.3 is 0 Å². The number of fused-ring (bicyclic) bond motifs is 1. The molecule has 7 nitrogen and oxygen atoms in total. The first-order valence-electron chi connectivity index (χ1n) is 13.7. The standard InChI is InChI=1S/C30H33ClFN5O2/c1-19-33-16-22(34-19)17-36-12-9-30(10-13-36)11-14-37(18-30)29(39)21-6-5-20-7-8-26(23(20)15-21)35-28(38)27-24(31)3-2-4-25(27)32/h2-6,15-16,26H,7-14,17-18H2,1H3,(H,33,34)(H,35,38). The Labute approximate surface area is 232 Å². The SMILES string of the molecule is Cc1ncc(CN2CCC3(CC2)CCN(C(=O)c2ccc4c(c2)C(NC(=O)c2c(F)cccc2Cl)CC4)C3)[nH]1. The van der Waals surface area contributed by atoms with Crippen LogP contribution in [0.15, 0.2) is 42.6 Å². The fourth-order valence-electron chi connectivity index (χ4n) is 6.51. The summed E-state index contributed by atoms with van der Waals surface area (Å²) in [4.78, 5) is 38.5. The molecule has 1 aliphatic carbocycles. The Balaban J connectivity index is 1.10. The maximum atomic E-state index is 14.3. The molecule has 0 radical (unpaired) electrons. The number of aromatic nitrogens is 2. The predicted octanol–water partition coefficient (Wildman–Crippen LogP) is 5.06. The van der Waals surface area contributed by atoms with Crippen LogP contribution >= 0.6 is 11.6 Å². The number of halogens is 2. The van der Waals surface area contributed by atoms with Crippen LogP contribution in [0.4, 0.5) is 4.39 Å². The van der Waals surface area contributed by atoms with E-state index in [-0.39, 0.29) is 28.0 Å². The molecule has 3 heterocycles. The van der Waals surface area contributed by atoms with Crippen molar-refractivity contribution in [2.75, 3.05) is 26.2 Å². The van der Waals surface area contributed by atoms with Crippen LogP contribution < -0.4 is 5.32 Å². The summed E-state index contributed by atoms with van der Waals surface area (Å²) in [5.41, 5.74) is 3.86. The van der Waals surface area contributed by atoms with Crippen molar-refractivity contribution in [1.82, 2.24) is 25.1 Å². The molecule has 9 heteroatoms. The van der Waals surface area contributed by atoms with Gasteiger partial charge in [-0.15, -0.1) is 0 Å². The molecular formula is C30H33ClFN5O2. The number of piperidine rings is 1. The second kappa shape index (κ2) is 10.4. The highest BCUT2D eigenvalue weighted by Gasteiger charge is 2.42. The first kappa shape index (κ1) is 26.0. The van der Waals surface area contributed by atoms with Crippen molar-refractivity contribution in [1.29, 1.82) is 0 Å². The van der Waals surface area contributed by atoms with Gasteiger partial charge in [-0.05, 0) is 92.9 Å². The first-order valence-corrected chi connectivity index (χ1v) is 14.1. The molecule has 3 aromatic rings. The average molecular weight is 550 g/mol. The number of imidazole rings is 1. The van der Waals surface area contributed by atoms with Crippen LogP contribution in [0.5, 0.6) is 0 Å². The minimum atomic E-state index is -0.646. The molecular weight excluding hydrogens is 517 g/mol. The summed E-state index contributed by atoms with van der Waals surface area (Å²) in [6.45, 7) is 6.44. The van der Waals surface area contributed by atoms with Crippen LogP contribution in [-0.4, -0.2) is 57.8 Å². The smallest absolute Gasteiger partial charge is 0.256 e. The monoisotopic (exact) mass is 549 g/mol. The molecule has 1 aromatic heterocycles. The summed E-state index contributed by atoms with van der Waals surface area (Å²) >= 11 is 6.10. The van der Waals surface area contributed by atoms with E-state index in [2.05, 4.69) is 20.2 Å². The predicted molar refractivity (Wildman–Crippen MR) is 147 cm³/mol. The van der Waals surface area contributed by atoms with E-state index in [0.29, 0.717) is 12.0 Å². The molecule has 204 valence electrons. The molecule has 2 amide bonds. The van der Waals surface area contributed by atoms with Crippen LogP contribution in [-0.2, 0) is 13.0 Å². The average Bonchev–Trinajstić information content (AvgIpc) is 3.64. The van der Waals surface area contributed by atoms with Crippen molar-refractivity contribution < 1.29 is 14.0 Å². The van der Waals surface area contributed by atoms with Gasteiger partial charge in [-0.1, -0.05) is 23.7 Å². The van der Waals surface area contributed by atoms with E-state index < -0.39 is 11.7 Å². The van der Waals surface area contributed by atoms with Crippen LogP contribution in [0.3, 0.4) is 0 Å². The molecule has 0 saturated carbocycles. The summed E-state index contributed by atoms with van der Waals surface area (Å²) in [5.74, 6) is -0.201. The van der Waals surface area contributed by atoms with Crippen LogP contribution in [0.1, 0.15) is 75.1 Å². The van der Waals surface area contributed by atoms with Crippen LogP contribution in [0.25, 0.3) is 0 Å². The first-order chi connectivity index (χ1) is 18.8. The molecule has 1 spiro atoms. The van der Waals surface area contributed by atoms with E-state index in [1.807, 2.05) is 36.2 Å². The van der Waals surface area contributed by atoms with E-state index in [0.717, 1.165) is 81.1 Å². The van der Waals surface area contributed by atoms with E-state index in [1.54, 1.807) is 0 Å². The lowest BCUT2D eigenvalue weighted by Gasteiger charge is -2.39. The zero-order valence-electron chi connectivity index (χ0n) is 22.1. The van der Waals surface area contributed by atoms with E-state index in [1.165, 1.54) is 18.2 Å². The summed E-state index contributed by atoms with van der Waals surface area (Å²) in [6.07, 6.45) is 6.61. The van der Waals surface area contributed by atoms with Gasteiger partial charge in [0.25, 0.3) is 11.8 Å². The zero-order valence-corrected chi connectivity index (χ0v) is 22.9. The number of amides is 2. The molecule has 6 rings (SSSR count). The number of carbonyl (C=O) groups is 2. The second-order valence-electron chi connectivity index (χ2n) is 11.3. The van der Waals surface area contributed by atoms with Crippen LogP contribution in [0, 0.1) is 18.2 Å². The topological polar surface area (TPSA) is 81.3 Å².